The number of hydrogen-bond donors (Lipinski definition) is 2. The summed E-state index contributed by atoms with van der Waals surface area (Å²) in [5, 5.41) is 6.97. The van der Waals surface area contributed by atoms with Gasteiger partial charge in [-0.05, 0) is 24.8 Å². The van der Waals surface area contributed by atoms with E-state index in [4.69, 9.17) is 9.73 Å². The summed E-state index contributed by atoms with van der Waals surface area (Å²) in [6.45, 7) is 1.72. The molecule has 3 fully saturated rings. The van der Waals surface area contributed by atoms with Gasteiger partial charge in [0.05, 0.1) is 19.2 Å². The molecule has 3 aliphatic rings. The van der Waals surface area contributed by atoms with Crippen molar-refractivity contribution in [3.63, 3.8) is 0 Å². The molecule has 1 spiro atoms. The summed E-state index contributed by atoms with van der Waals surface area (Å²) in [4.78, 5) is 18.5. The number of carbonyl (C=O) groups is 1. The van der Waals surface area contributed by atoms with E-state index in [1.165, 1.54) is 25.7 Å². The van der Waals surface area contributed by atoms with Gasteiger partial charge in [-0.2, -0.15) is 0 Å². The Labute approximate surface area is 167 Å². The zero-order valence-electron chi connectivity index (χ0n) is 17.0. The van der Waals surface area contributed by atoms with Gasteiger partial charge >= 0.3 is 0 Å². The molecule has 1 saturated heterocycles. The van der Waals surface area contributed by atoms with Crippen molar-refractivity contribution in [3.8, 4) is 0 Å². The molecule has 1 heterocycles. The molecule has 2 N–H and O–H groups in total. The number of rotatable bonds is 5. The van der Waals surface area contributed by atoms with Crippen LogP contribution in [0.4, 0.5) is 0 Å². The fourth-order valence-corrected chi connectivity index (χ4v) is 5.28. The molecule has 1 amide bonds. The number of amides is 1. The minimum absolute atomic E-state index is 0.0421. The Balaban J connectivity index is 1.48. The van der Waals surface area contributed by atoms with Gasteiger partial charge in [-0.25, -0.2) is 4.99 Å². The van der Waals surface area contributed by atoms with Gasteiger partial charge in [0, 0.05) is 38.1 Å². The summed E-state index contributed by atoms with van der Waals surface area (Å²) in [6.07, 6.45) is 6.56. The first-order valence-electron chi connectivity index (χ1n) is 10.5. The van der Waals surface area contributed by atoms with Crippen LogP contribution in [-0.4, -0.2) is 56.2 Å². The molecule has 6 nitrogen and oxygen atoms in total. The fourth-order valence-electron chi connectivity index (χ4n) is 5.28. The van der Waals surface area contributed by atoms with Gasteiger partial charge in [-0.15, -0.1) is 0 Å². The zero-order chi connectivity index (χ0) is 19.6. The fraction of sp³-hybridized carbons (Fsp3) is 0.636. The molecule has 28 heavy (non-hydrogen) atoms. The second kappa shape index (κ2) is 8.11. The molecule has 152 valence electrons. The quantitative estimate of drug-likeness (QED) is 0.603. The number of aliphatic imine (C=N–C) groups is 1. The van der Waals surface area contributed by atoms with Crippen molar-refractivity contribution in [2.45, 2.75) is 50.8 Å². The lowest BCUT2D eigenvalue weighted by atomic mass is 9.54. The molecule has 6 heteroatoms. The highest BCUT2D eigenvalue weighted by Gasteiger charge is 2.65. The van der Waals surface area contributed by atoms with E-state index in [2.05, 4.69) is 22.8 Å². The Kier molecular flexibility index (Phi) is 5.58. The first-order chi connectivity index (χ1) is 13.6. The van der Waals surface area contributed by atoms with E-state index in [0.717, 1.165) is 24.6 Å². The number of hydrogen-bond acceptors (Lipinski definition) is 3. The average molecular weight is 385 g/mol. The van der Waals surface area contributed by atoms with Crippen molar-refractivity contribution in [2.75, 3.05) is 27.2 Å². The maximum absolute atomic E-state index is 12.1. The van der Waals surface area contributed by atoms with Crippen LogP contribution in [0.5, 0.6) is 0 Å². The number of guanidine groups is 1. The van der Waals surface area contributed by atoms with Gasteiger partial charge in [0.15, 0.2) is 5.96 Å². The third kappa shape index (κ3) is 3.62. The van der Waals surface area contributed by atoms with Crippen LogP contribution in [0.2, 0.25) is 0 Å². The van der Waals surface area contributed by atoms with Crippen LogP contribution >= 0.6 is 0 Å². The molecular weight excluding hydrogens is 352 g/mol. The van der Waals surface area contributed by atoms with Crippen molar-refractivity contribution in [3.05, 3.63) is 35.9 Å². The molecule has 1 aromatic carbocycles. The van der Waals surface area contributed by atoms with Crippen LogP contribution in [0.25, 0.3) is 0 Å². The highest BCUT2D eigenvalue weighted by Crippen LogP contribution is 2.60. The van der Waals surface area contributed by atoms with Crippen LogP contribution in [0.15, 0.2) is 35.3 Å². The number of benzene rings is 1. The smallest absolute Gasteiger partial charge is 0.241 e. The van der Waals surface area contributed by atoms with E-state index < -0.39 is 0 Å². The van der Waals surface area contributed by atoms with Gasteiger partial charge in [-0.1, -0.05) is 43.2 Å². The second-order valence-electron chi connectivity index (χ2n) is 8.60. The standard InChI is InChI=1S/C22H32N4O2/c1-26(2)18(27)15-24-21(23-14-16-8-4-3-5-9-16)25-19-17-10-13-28-20(17)22(19)11-6-7-12-22/h3-5,8-9,17,19-20H,6-7,10-15H2,1-2H3,(H2,23,24,25). The number of nitrogens with zero attached hydrogens (tertiary/aromatic N) is 2. The van der Waals surface area contributed by atoms with E-state index in [1.54, 1.807) is 19.0 Å². The normalized spacial score (nSPS) is 27.9. The molecule has 3 unspecified atom stereocenters. The van der Waals surface area contributed by atoms with Gasteiger partial charge < -0.3 is 20.3 Å². The molecule has 0 bridgehead atoms. The van der Waals surface area contributed by atoms with Gasteiger partial charge in [0.2, 0.25) is 5.91 Å². The van der Waals surface area contributed by atoms with Gasteiger partial charge in [0.1, 0.15) is 0 Å². The van der Waals surface area contributed by atoms with E-state index in [0.29, 0.717) is 24.6 Å². The predicted octanol–water partition coefficient (Wildman–Crippen LogP) is 2.16. The number of ether oxygens (including phenoxy) is 1. The number of fused-ring (bicyclic) bond motifs is 2. The van der Waals surface area contributed by atoms with Crippen molar-refractivity contribution < 1.29 is 9.53 Å². The molecule has 3 atom stereocenters. The average Bonchev–Trinajstić information content (AvgIpc) is 3.36. The summed E-state index contributed by atoms with van der Waals surface area (Å²) < 4.78 is 6.10. The lowest BCUT2D eigenvalue weighted by molar-refractivity contribution is -0.128. The Morgan fingerprint density at radius 2 is 2.00 bits per heavy atom. The summed E-state index contributed by atoms with van der Waals surface area (Å²) in [5.41, 5.74) is 1.41. The highest BCUT2D eigenvalue weighted by molar-refractivity contribution is 5.86. The third-order valence-corrected chi connectivity index (χ3v) is 6.75. The molecule has 4 rings (SSSR count). The SMILES string of the molecule is CN(C)C(=O)CNC(=NCc1ccccc1)NC1C2CCOC2C12CCCC2. The molecule has 2 aliphatic carbocycles. The van der Waals surface area contributed by atoms with Gasteiger partial charge in [0.25, 0.3) is 0 Å². The van der Waals surface area contributed by atoms with E-state index in [-0.39, 0.29) is 17.9 Å². The minimum atomic E-state index is 0.0421. The second-order valence-corrected chi connectivity index (χ2v) is 8.60. The van der Waals surface area contributed by atoms with E-state index >= 15 is 0 Å². The largest absolute Gasteiger partial charge is 0.377 e. The summed E-state index contributed by atoms with van der Waals surface area (Å²) in [6, 6.07) is 10.6. The highest BCUT2D eigenvalue weighted by atomic mass is 16.5. The van der Waals surface area contributed by atoms with Crippen LogP contribution in [-0.2, 0) is 16.1 Å². The first-order valence-corrected chi connectivity index (χ1v) is 10.5. The summed E-state index contributed by atoms with van der Waals surface area (Å²) in [5.74, 6) is 1.34. The maximum atomic E-state index is 12.1. The Bertz CT molecular complexity index is 713. The summed E-state index contributed by atoms with van der Waals surface area (Å²) in [7, 11) is 3.55. The first kappa shape index (κ1) is 19.2. The van der Waals surface area contributed by atoms with Crippen molar-refractivity contribution in [1.29, 1.82) is 0 Å². The topological polar surface area (TPSA) is 66.0 Å². The van der Waals surface area contributed by atoms with Gasteiger partial charge in [-0.3, -0.25) is 4.79 Å². The van der Waals surface area contributed by atoms with Crippen LogP contribution in [0.1, 0.15) is 37.7 Å². The predicted molar refractivity (Wildman–Crippen MR) is 110 cm³/mol. The molecular formula is C22H32N4O2. The van der Waals surface area contributed by atoms with Crippen molar-refractivity contribution in [2.24, 2.45) is 16.3 Å². The Morgan fingerprint density at radius 3 is 2.71 bits per heavy atom. The Morgan fingerprint density at radius 1 is 1.25 bits per heavy atom. The molecule has 0 aromatic heterocycles. The molecule has 1 aliphatic heterocycles. The lowest BCUT2D eigenvalue weighted by Gasteiger charge is -2.57. The number of carbonyl (C=O) groups excluding carboxylic acids is 1. The maximum Gasteiger partial charge on any atom is 0.241 e. The van der Waals surface area contributed by atoms with Crippen LogP contribution in [0, 0.1) is 11.3 Å². The van der Waals surface area contributed by atoms with Crippen LogP contribution < -0.4 is 10.6 Å². The van der Waals surface area contributed by atoms with Crippen LogP contribution in [0.3, 0.4) is 0 Å². The monoisotopic (exact) mass is 384 g/mol. The third-order valence-electron chi connectivity index (χ3n) is 6.75. The lowest BCUT2D eigenvalue weighted by Crippen LogP contribution is -2.69. The Hall–Kier alpha value is -2.08. The van der Waals surface area contributed by atoms with E-state index in [9.17, 15) is 4.79 Å². The molecule has 2 saturated carbocycles. The van der Waals surface area contributed by atoms with E-state index in [1.807, 2.05) is 18.2 Å². The summed E-state index contributed by atoms with van der Waals surface area (Å²) >= 11 is 0. The molecule has 0 radical (unpaired) electrons. The van der Waals surface area contributed by atoms with Crippen molar-refractivity contribution >= 4 is 11.9 Å². The van der Waals surface area contributed by atoms with Crippen molar-refractivity contribution in [1.82, 2.24) is 15.5 Å². The molecule has 1 aromatic rings. The minimum Gasteiger partial charge on any atom is -0.377 e. The number of likely N-dealkylation sites (N-methyl/N-ethyl adjacent to an activating group) is 1. The zero-order valence-corrected chi connectivity index (χ0v) is 17.0. The number of nitrogens with one attached hydrogen (secondary N) is 2.